The lowest BCUT2D eigenvalue weighted by atomic mass is 9.85. The molecule has 2 amide bonds. The van der Waals surface area contributed by atoms with E-state index >= 15 is 0 Å². The van der Waals surface area contributed by atoms with E-state index in [0.29, 0.717) is 19.0 Å². The first-order valence-electron chi connectivity index (χ1n) is 13.3. The molecule has 12 heteroatoms. The highest BCUT2D eigenvalue weighted by Gasteiger charge is 2.46. The zero-order valence-electron chi connectivity index (χ0n) is 22.3. The first-order chi connectivity index (χ1) is 18.1. The minimum absolute atomic E-state index is 0.0712. The second-order valence-corrected chi connectivity index (χ2v) is 12.0. The lowest BCUT2D eigenvalue weighted by molar-refractivity contribution is -0.144. The Hall–Kier alpha value is -3.54. The number of carbonyl (C=O) groups excluding carboxylic acids is 2. The van der Waals surface area contributed by atoms with Crippen LogP contribution in [0.4, 0.5) is 5.82 Å². The van der Waals surface area contributed by atoms with Crippen LogP contribution in [0.2, 0.25) is 0 Å². The number of amides is 2. The third kappa shape index (κ3) is 4.50. The summed E-state index contributed by atoms with van der Waals surface area (Å²) < 4.78 is 3.45. The summed E-state index contributed by atoms with van der Waals surface area (Å²) in [6, 6.07) is 0.555. The number of aliphatic hydroxyl groups is 1. The molecule has 38 heavy (non-hydrogen) atoms. The minimum Gasteiger partial charge on any atom is -0.391 e. The lowest BCUT2D eigenvalue weighted by Crippen LogP contribution is -2.62. The molecule has 12 nitrogen and oxygen atoms in total. The van der Waals surface area contributed by atoms with E-state index in [0.717, 1.165) is 35.6 Å². The van der Waals surface area contributed by atoms with E-state index in [1.807, 2.05) is 46.2 Å². The highest BCUT2D eigenvalue weighted by Crippen LogP contribution is 2.40. The van der Waals surface area contributed by atoms with E-state index in [1.54, 1.807) is 15.4 Å². The first kappa shape index (κ1) is 24.8. The number of nitrogens with one attached hydrogen (secondary N) is 1. The minimum atomic E-state index is -0.752. The van der Waals surface area contributed by atoms with Gasteiger partial charge in [0.2, 0.25) is 11.8 Å². The van der Waals surface area contributed by atoms with Crippen LogP contribution in [0, 0.1) is 12.3 Å². The van der Waals surface area contributed by atoms with E-state index in [4.69, 9.17) is 0 Å². The van der Waals surface area contributed by atoms with Gasteiger partial charge in [-0.1, -0.05) is 26.0 Å². The van der Waals surface area contributed by atoms with Crippen LogP contribution in [0.1, 0.15) is 63.4 Å². The van der Waals surface area contributed by atoms with E-state index < -0.39 is 23.6 Å². The number of rotatable bonds is 6. The van der Waals surface area contributed by atoms with Crippen molar-refractivity contribution in [1.82, 2.24) is 39.8 Å². The zero-order valence-corrected chi connectivity index (χ0v) is 22.3. The molecule has 2 saturated heterocycles. The van der Waals surface area contributed by atoms with Gasteiger partial charge in [-0.15, -0.1) is 5.10 Å². The van der Waals surface area contributed by atoms with Gasteiger partial charge in [0.05, 0.1) is 23.5 Å². The number of fused-ring (bicyclic) bond motifs is 1. The van der Waals surface area contributed by atoms with Gasteiger partial charge in [0, 0.05) is 50.6 Å². The van der Waals surface area contributed by atoms with E-state index in [9.17, 15) is 14.7 Å². The fourth-order valence-electron chi connectivity index (χ4n) is 5.64. The average Bonchev–Trinajstić information content (AvgIpc) is 3.23. The van der Waals surface area contributed by atoms with Crippen molar-refractivity contribution in [3.05, 3.63) is 36.0 Å². The van der Waals surface area contributed by atoms with E-state index in [-0.39, 0.29) is 30.8 Å². The van der Waals surface area contributed by atoms with Crippen molar-refractivity contribution in [3.63, 3.8) is 0 Å². The van der Waals surface area contributed by atoms with Crippen molar-refractivity contribution in [2.75, 3.05) is 24.5 Å². The Morgan fingerprint density at radius 2 is 1.95 bits per heavy atom. The second-order valence-electron chi connectivity index (χ2n) is 12.0. The van der Waals surface area contributed by atoms with Gasteiger partial charge in [-0.05, 0) is 31.2 Å². The summed E-state index contributed by atoms with van der Waals surface area (Å²) in [6.45, 7) is 9.23. The van der Waals surface area contributed by atoms with Gasteiger partial charge >= 0.3 is 0 Å². The maximum absolute atomic E-state index is 13.9. The number of hydrogen-bond donors (Lipinski definition) is 2. The number of aliphatic hydroxyl groups excluding tert-OH is 1. The van der Waals surface area contributed by atoms with Crippen molar-refractivity contribution >= 4 is 23.1 Å². The van der Waals surface area contributed by atoms with Gasteiger partial charge in [0.15, 0.2) is 5.82 Å². The fraction of sp³-hybridized carbons (Fsp3) is 0.615. The van der Waals surface area contributed by atoms with Gasteiger partial charge < -0.3 is 20.2 Å². The summed E-state index contributed by atoms with van der Waals surface area (Å²) in [7, 11) is 0. The molecule has 0 radical (unpaired) electrons. The van der Waals surface area contributed by atoms with Gasteiger partial charge in [-0.25, -0.2) is 14.2 Å². The summed E-state index contributed by atoms with van der Waals surface area (Å²) in [4.78, 5) is 35.4. The molecule has 0 aromatic carbocycles. The van der Waals surface area contributed by atoms with Crippen molar-refractivity contribution < 1.29 is 14.7 Å². The van der Waals surface area contributed by atoms with Gasteiger partial charge in [-0.3, -0.25) is 9.59 Å². The van der Waals surface area contributed by atoms with Crippen LogP contribution in [-0.4, -0.2) is 89.2 Å². The molecule has 3 atom stereocenters. The number of aromatic nitrogens is 6. The number of hydrogen-bond acceptors (Lipinski definition) is 8. The Morgan fingerprint density at radius 1 is 1.18 bits per heavy atom. The van der Waals surface area contributed by atoms with Crippen LogP contribution in [0.5, 0.6) is 0 Å². The topological polar surface area (TPSA) is 134 Å². The quantitative estimate of drug-likeness (QED) is 0.492. The third-order valence-electron chi connectivity index (χ3n) is 7.73. The number of anilines is 1. The number of likely N-dealkylation sites (tertiary alicyclic amines) is 1. The maximum Gasteiger partial charge on any atom is 0.248 e. The normalized spacial score (nSPS) is 23.1. The average molecular weight is 522 g/mol. The Bertz CT molecular complexity index is 1370. The SMILES string of the molecule is Cc1cc2c(N3CC(NC(=O)[C@@H]4C[C@@H](O)CN4C(=O)[C@@H](n4cc(C5CC5)nn4)C(C)(C)C)C3)nccn2n1. The van der Waals surface area contributed by atoms with Crippen LogP contribution in [0.25, 0.3) is 5.52 Å². The largest absolute Gasteiger partial charge is 0.391 e. The van der Waals surface area contributed by atoms with Crippen LogP contribution in [-0.2, 0) is 9.59 Å². The Kier molecular flexibility index (Phi) is 5.89. The van der Waals surface area contributed by atoms with Crippen LogP contribution in [0.3, 0.4) is 0 Å². The molecule has 2 N–H and O–H groups in total. The number of aryl methyl sites for hydroxylation is 1. The third-order valence-corrected chi connectivity index (χ3v) is 7.73. The predicted octanol–water partition coefficient (Wildman–Crippen LogP) is 1.06. The number of β-amino-alcohol motifs (C(OH)–C–C–N with tert-alkyl or cyclic N) is 1. The summed E-state index contributed by atoms with van der Waals surface area (Å²) >= 11 is 0. The van der Waals surface area contributed by atoms with Gasteiger partial charge in [0.1, 0.15) is 17.6 Å². The molecule has 3 fully saturated rings. The molecule has 3 aromatic rings. The smallest absolute Gasteiger partial charge is 0.248 e. The molecule has 0 bridgehead atoms. The first-order valence-corrected chi connectivity index (χ1v) is 13.3. The van der Waals surface area contributed by atoms with Crippen molar-refractivity contribution in [2.24, 2.45) is 5.41 Å². The van der Waals surface area contributed by atoms with E-state index in [1.165, 1.54) is 4.90 Å². The van der Waals surface area contributed by atoms with Crippen molar-refractivity contribution in [1.29, 1.82) is 0 Å². The molecular formula is C26H35N9O3. The molecule has 0 unspecified atom stereocenters. The monoisotopic (exact) mass is 521 g/mol. The lowest BCUT2D eigenvalue weighted by Gasteiger charge is -2.41. The maximum atomic E-state index is 13.9. The van der Waals surface area contributed by atoms with Crippen LogP contribution < -0.4 is 10.2 Å². The molecule has 3 aliphatic rings. The molecule has 5 heterocycles. The zero-order chi connectivity index (χ0) is 26.8. The summed E-state index contributed by atoms with van der Waals surface area (Å²) in [5, 5.41) is 26.6. The molecule has 202 valence electrons. The Morgan fingerprint density at radius 3 is 2.66 bits per heavy atom. The van der Waals surface area contributed by atoms with Crippen molar-refractivity contribution in [3.8, 4) is 0 Å². The Labute approximate surface area is 221 Å². The number of carbonyl (C=O) groups is 2. The molecule has 2 aliphatic heterocycles. The van der Waals surface area contributed by atoms with Gasteiger partial charge in [-0.2, -0.15) is 5.10 Å². The van der Waals surface area contributed by atoms with Gasteiger partial charge in [0.25, 0.3) is 0 Å². The van der Waals surface area contributed by atoms with Crippen LogP contribution in [0.15, 0.2) is 24.7 Å². The molecular weight excluding hydrogens is 486 g/mol. The summed E-state index contributed by atoms with van der Waals surface area (Å²) in [5.41, 5.74) is 2.29. The molecule has 3 aromatic heterocycles. The molecule has 0 spiro atoms. The summed E-state index contributed by atoms with van der Waals surface area (Å²) in [6.07, 6.45) is 7.06. The molecule has 1 aliphatic carbocycles. The highest BCUT2D eigenvalue weighted by molar-refractivity contribution is 5.90. The Balaban J connectivity index is 1.14. The molecule has 6 rings (SSSR count). The molecule has 1 saturated carbocycles. The van der Waals surface area contributed by atoms with Crippen molar-refractivity contribution in [2.45, 2.75) is 77.1 Å². The highest BCUT2D eigenvalue weighted by atomic mass is 16.3. The predicted molar refractivity (Wildman–Crippen MR) is 138 cm³/mol. The summed E-state index contributed by atoms with van der Waals surface area (Å²) in [5.74, 6) is 0.798. The fourth-order valence-corrected chi connectivity index (χ4v) is 5.64. The van der Waals surface area contributed by atoms with Crippen LogP contribution >= 0.6 is 0 Å². The standard InChI is InChI=1S/C26H35N9O3/c1-15-9-20-23(27-7-8-34(20)30-15)32-11-17(12-32)28-24(37)21-10-18(36)13-33(21)25(38)22(26(2,3)4)35-14-19(29-31-35)16-5-6-16/h7-9,14,16-18,21-22,36H,5-6,10-13H2,1-4H3,(H,28,37)/t18-,21+,22-/m1/s1. The van der Waals surface area contributed by atoms with E-state index in [2.05, 4.69) is 30.6 Å². The second kappa shape index (κ2) is 9.04. The number of nitrogens with zero attached hydrogens (tertiary/aromatic N) is 8.